The fourth-order valence-electron chi connectivity index (χ4n) is 2.21. The topological polar surface area (TPSA) is 30.5 Å². The third-order valence-electron chi connectivity index (χ3n) is 3.22. The predicted octanol–water partition coefficient (Wildman–Crippen LogP) is 3.61. The zero-order valence-corrected chi connectivity index (χ0v) is 13.6. The van der Waals surface area contributed by atoms with Gasteiger partial charge >= 0.3 is 0 Å². The lowest BCUT2D eigenvalue weighted by atomic mass is 10.1. The van der Waals surface area contributed by atoms with Crippen LogP contribution >= 0.6 is 0 Å². The van der Waals surface area contributed by atoms with Gasteiger partial charge < -0.3 is 14.8 Å². The van der Waals surface area contributed by atoms with E-state index in [4.69, 9.17) is 9.47 Å². The second-order valence-electron chi connectivity index (χ2n) is 5.64. The summed E-state index contributed by atoms with van der Waals surface area (Å²) in [5, 5.41) is 3.45. The first-order chi connectivity index (χ1) is 9.54. The molecule has 0 saturated carbocycles. The average Bonchev–Trinajstić information content (AvgIpc) is 2.38. The Labute approximate surface area is 123 Å². The summed E-state index contributed by atoms with van der Waals surface area (Å²) in [6, 6.07) is 4.94. The van der Waals surface area contributed by atoms with Gasteiger partial charge in [0.1, 0.15) is 5.75 Å². The molecular formula is C17H29NO2. The molecule has 0 heterocycles. The van der Waals surface area contributed by atoms with Gasteiger partial charge in [0.25, 0.3) is 0 Å². The Balaban J connectivity index is 2.55. The van der Waals surface area contributed by atoms with Gasteiger partial charge in [-0.2, -0.15) is 0 Å². The molecule has 20 heavy (non-hydrogen) atoms. The standard InChI is InChI=1S/C17H29NO2/c1-13(2)18-12-16-10-14(3)17(15(4)11-16)20-9-7-6-8-19-5/h10-11,13,18H,6-9,12H2,1-5H3. The molecule has 0 aliphatic heterocycles. The van der Waals surface area contributed by atoms with E-state index in [2.05, 4.69) is 45.1 Å². The van der Waals surface area contributed by atoms with Crippen LogP contribution in [0.1, 0.15) is 43.4 Å². The molecule has 0 aromatic heterocycles. The van der Waals surface area contributed by atoms with Crippen LogP contribution in [0.2, 0.25) is 0 Å². The first-order valence-electron chi connectivity index (χ1n) is 7.49. The van der Waals surface area contributed by atoms with Crippen molar-refractivity contribution in [3.05, 3.63) is 28.8 Å². The quantitative estimate of drug-likeness (QED) is 0.701. The summed E-state index contributed by atoms with van der Waals surface area (Å²) in [7, 11) is 1.74. The van der Waals surface area contributed by atoms with E-state index in [9.17, 15) is 0 Å². The maximum Gasteiger partial charge on any atom is 0.125 e. The normalized spacial score (nSPS) is 11.1. The molecule has 0 atom stereocenters. The molecule has 1 aromatic rings. The Bertz CT molecular complexity index is 379. The van der Waals surface area contributed by atoms with E-state index in [-0.39, 0.29) is 0 Å². The van der Waals surface area contributed by atoms with Gasteiger partial charge in [0.2, 0.25) is 0 Å². The number of nitrogens with one attached hydrogen (secondary N) is 1. The minimum Gasteiger partial charge on any atom is -0.493 e. The van der Waals surface area contributed by atoms with Gasteiger partial charge in [-0.25, -0.2) is 0 Å². The Hall–Kier alpha value is -1.06. The van der Waals surface area contributed by atoms with Crippen LogP contribution in [0, 0.1) is 13.8 Å². The van der Waals surface area contributed by atoms with Crippen LogP contribution in [0.3, 0.4) is 0 Å². The molecule has 0 spiro atoms. The summed E-state index contributed by atoms with van der Waals surface area (Å²) in [4.78, 5) is 0. The fraction of sp³-hybridized carbons (Fsp3) is 0.647. The summed E-state index contributed by atoms with van der Waals surface area (Å²) >= 11 is 0. The van der Waals surface area contributed by atoms with Crippen LogP contribution in [0.25, 0.3) is 0 Å². The van der Waals surface area contributed by atoms with Gasteiger partial charge in [0, 0.05) is 26.3 Å². The van der Waals surface area contributed by atoms with Crippen molar-refractivity contribution in [2.75, 3.05) is 20.3 Å². The lowest BCUT2D eigenvalue weighted by Crippen LogP contribution is -2.21. The molecule has 0 aliphatic rings. The molecule has 0 saturated heterocycles. The first kappa shape index (κ1) is 17.0. The number of benzene rings is 1. The monoisotopic (exact) mass is 279 g/mol. The molecule has 3 heteroatoms. The van der Waals surface area contributed by atoms with Gasteiger partial charge in [-0.1, -0.05) is 26.0 Å². The van der Waals surface area contributed by atoms with Gasteiger partial charge in [-0.05, 0) is 43.4 Å². The Kier molecular flexibility index (Phi) is 7.63. The summed E-state index contributed by atoms with van der Waals surface area (Å²) in [5.74, 6) is 1.04. The zero-order valence-electron chi connectivity index (χ0n) is 13.6. The maximum absolute atomic E-state index is 5.92. The van der Waals surface area contributed by atoms with Gasteiger partial charge in [0.15, 0.2) is 0 Å². The second kappa shape index (κ2) is 8.98. The van der Waals surface area contributed by atoms with Crippen LogP contribution in [0.4, 0.5) is 0 Å². The van der Waals surface area contributed by atoms with Crippen molar-refractivity contribution in [1.82, 2.24) is 5.32 Å². The van der Waals surface area contributed by atoms with E-state index in [1.807, 2.05) is 0 Å². The summed E-state index contributed by atoms with van der Waals surface area (Å²) < 4.78 is 11.0. The smallest absolute Gasteiger partial charge is 0.125 e. The second-order valence-corrected chi connectivity index (χ2v) is 5.64. The van der Waals surface area contributed by atoms with E-state index in [1.165, 1.54) is 16.7 Å². The lowest BCUT2D eigenvalue weighted by molar-refractivity contribution is 0.184. The van der Waals surface area contributed by atoms with E-state index in [0.29, 0.717) is 6.04 Å². The lowest BCUT2D eigenvalue weighted by Gasteiger charge is -2.15. The highest BCUT2D eigenvalue weighted by atomic mass is 16.5. The van der Waals surface area contributed by atoms with Crippen molar-refractivity contribution in [3.8, 4) is 5.75 Å². The van der Waals surface area contributed by atoms with Crippen LogP contribution < -0.4 is 10.1 Å². The number of ether oxygens (including phenoxy) is 2. The highest BCUT2D eigenvalue weighted by Gasteiger charge is 2.07. The van der Waals surface area contributed by atoms with E-state index in [0.717, 1.165) is 38.3 Å². The molecule has 0 radical (unpaired) electrons. The van der Waals surface area contributed by atoms with Crippen molar-refractivity contribution in [1.29, 1.82) is 0 Å². The molecule has 1 N–H and O–H groups in total. The molecule has 0 bridgehead atoms. The highest BCUT2D eigenvalue weighted by molar-refractivity contribution is 5.43. The molecule has 0 aliphatic carbocycles. The Morgan fingerprint density at radius 2 is 1.65 bits per heavy atom. The molecule has 3 nitrogen and oxygen atoms in total. The van der Waals surface area contributed by atoms with E-state index < -0.39 is 0 Å². The third-order valence-corrected chi connectivity index (χ3v) is 3.22. The molecule has 0 unspecified atom stereocenters. The summed E-state index contributed by atoms with van der Waals surface area (Å²) in [5.41, 5.74) is 3.76. The molecule has 1 rings (SSSR count). The first-order valence-corrected chi connectivity index (χ1v) is 7.49. The van der Waals surface area contributed by atoms with E-state index in [1.54, 1.807) is 7.11 Å². The van der Waals surface area contributed by atoms with Crippen molar-refractivity contribution in [2.24, 2.45) is 0 Å². The maximum atomic E-state index is 5.92. The fourth-order valence-corrected chi connectivity index (χ4v) is 2.21. The van der Waals surface area contributed by atoms with Crippen LogP contribution in [-0.2, 0) is 11.3 Å². The Morgan fingerprint density at radius 3 is 2.20 bits per heavy atom. The largest absolute Gasteiger partial charge is 0.493 e. The number of unbranched alkanes of at least 4 members (excludes halogenated alkanes) is 1. The summed E-state index contributed by atoms with van der Waals surface area (Å²) in [6.07, 6.45) is 2.08. The Morgan fingerprint density at radius 1 is 1.05 bits per heavy atom. The molecule has 1 aromatic carbocycles. The van der Waals surface area contributed by atoms with Crippen LogP contribution in [0.15, 0.2) is 12.1 Å². The molecule has 0 amide bonds. The number of aryl methyl sites for hydroxylation is 2. The van der Waals surface area contributed by atoms with Crippen LogP contribution in [-0.4, -0.2) is 26.4 Å². The minimum absolute atomic E-state index is 0.507. The zero-order chi connectivity index (χ0) is 15.0. The van der Waals surface area contributed by atoms with Gasteiger partial charge in [-0.3, -0.25) is 0 Å². The van der Waals surface area contributed by atoms with E-state index >= 15 is 0 Å². The highest BCUT2D eigenvalue weighted by Crippen LogP contribution is 2.25. The van der Waals surface area contributed by atoms with Crippen molar-refractivity contribution >= 4 is 0 Å². The van der Waals surface area contributed by atoms with Crippen molar-refractivity contribution in [3.63, 3.8) is 0 Å². The molecular weight excluding hydrogens is 250 g/mol. The minimum atomic E-state index is 0.507. The SMILES string of the molecule is COCCCCOc1c(C)cc(CNC(C)C)cc1C. The van der Waals surface area contributed by atoms with Crippen molar-refractivity contribution in [2.45, 2.75) is 53.1 Å². The average molecular weight is 279 g/mol. The number of hydrogen-bond donors (Lipinski definition) is 1. The molecule has 0 fully saturated rings. The number of methoxy groups -OCH3 is 1. The van der Waals surface area contributed by atoms with Crippen LogP contribution in [0.5, 0.6) is 5.75 Å². The summed E-state index contributed by atoms with van der Waals surface area (Å²) in [6.45, 7) is 11.0. The number of rotatable bonds is 9. The third kappa shape index (κ3) is 5.93. The van der Waals surface area contributed by atoms with Crippen molar-refractivity contribution < 1.29 is 9.47 Å². The van der Waals surface area contributed by atoms with Gasteiger partial charge in [-0.15, -0.1) is 0 Å². The predicted molar refractivity (Wildman–Crippen MR) is 84.5 cm³/mol. The number of hydrogen-bond acceptors (Lipinski definition) is 3. The van der Waals surface area contributed by atoms with Gasteiger partial charge in [0.05, 0.1) is 6.61 Å². The molecule has 114 valence electrons.